The Morgan fingerprint density at radius 1 is 1.00 bits per heavy atom. The van der Waals surface area contributed by atoms with E-state index in [1.54, 1.807) is 0 Å². The molecular formula is H13AlCaKNaO4SiSr. The van der Waals surface area contributed by atoms with E-state index in [1.807, 2.05) is 0 Å². The smallest absolute Gasteiger partial charge is 1.00 e. The molecule has 0 saturated heterocycles. The van der Waals surface area contributed by atoms with Crippen LogP contribution in [0.4, 0.5) is 0 Å². The van der Waals surface area contributed by atoms with Crippen LogP contribution in [0.5, 0.6) is 0 Å². The van der Waals surface area contributed by atoms with Gasteiger partial charge in [0.25, 0.3) is 0 Å². The second-order valence-corrected chi connectivity index (χ2v) is 1.80. The van der Waals surface area contributed by atoms with Crippen LogP contribution in [0.3, 0.4) is 0 Å². The maximum absolute atomic E-state index is 7.33. The summed E-state index contributed by atoms with van der Waals surface area (Å²) in [4.78, 5) is 29.3. The average molecular weight is 322 g/mol. The predicted molar refractivity (Wildman–Crippen MR) is 42.7 cm³/mol. The van der Waals surface area contributed by atoms with Crippen LogP contribution in [0.15, 0.2) is 0 Å². The van der Waals surface area contributed by atoms with Crippen LogP contribution < -0.4 is 80.9 Å². The van der Waals surface area contributed by atoms with Gasteiger partial charge < -0.3 is 27.7 Å². The third-order valence-corrected chi connectivity index (χ3v) is 0. The van der Waals surface area contributed by atoms with Crippen molar-refractivity contribution in [1.29, 1.82) is 0 Å². The van der Waals surface area contributed by atoms with E-state index in [0.29, 0.717) is 0 Å². The Hall–Kier alpha value is 5.97. The quantitative estimate of drug-likeness (QED) is 0.334. The molecule has 0 atom stereocenters. The van der Waals surface area contributed by atoms with Gasteiger partial charge in [-0.2, -0.15) is 0 Å². The zero-order chi connectivity index (χ0) is 4.50. The fourth-order valence-corrected chi connectivity index (χ4v) is 0. The number of rotatable bonds is 0. The molecule has 4 N–H and O–H groups in total. The molecule has 0 fully saturated rings. The molecule has 0 saturated carbocycles. The van der Waals surface area contributed by atoms with Crippen molar-refractivity contribution in [2.75, 3.05) is 0 Å². The second kappa shape index (κ2) is 20.4. The Morgan fingerprint density at radius 3 is 1.00 bits per heavy atom. The molecule has 0 unspecified atom stereocenters. The van der Waals surface area contributed by atoms with Crippen molar-refractivity contribution in [1.82, 2.24) is 0 Å². The second-order valence-electron chi connectivity index (χ2n) is 0.600. The summed E-state index contributed by atoms with van der Waals surface area (Å²) in [6.45, 7) is 0. The van der Waals surface area contributed by atoms with Crippen LogP contribution in [-0.2, 0) is 0 Å². The zero-order valence-corrected chi connectivity index (χ0v) is 17.5. The minimum absolute atomic E-state index is 0. The van der Waals surface area contributed by atoms with E-state index in [9.17, 15) is 0 Å². The summed E-state index contributed by atoms with van der Waals surface area (Å²) in [5.41, 5.74) is 0. The van der Waals surface area contributed by atoms with E-state index in [4.69, 9.17) is 19.2 Å². The molecule has 0 bridgehead atoms. The van der Waals surface area contributed by atoms with Gasteiger partial charge in [-0.25, -0.2) is 0 Å². The SMILES string of the molecule is O[Si](O)(O)O.[AlH3].[Ca+2].[H-].[H-].[H-].[H-].[H-].[H-].[K+].[Na+].[Sr+2]. The molecule has 0 rings (SSSR count). The van der Waals surface area contributed by atoms with Crippen LogP contribution in [0.1, 0.15) is 8.56 Å². The summed E-state index contributed by atoms with van der Waals surface area (Å²) < 4.78 is 0. The maximum atomic E-state index is 7.33. The topological polar surface area (TPSA) is 80.9 Å². The van der Waals surface area contributed by atoms with Gasteiger partial charge in [-0.3, -0.25) is 0 Å². The zero-order valence-electron chi connectivity index (χ0n) is 11.7. The number of hydrogen-bond acceptors (Lipinski definition) is 4. The van der Waals surface area contributed by atoms with Gasteiger partial charge in [0.1, 0.15) is 0 Å². The van der Waals surface area contributed by atoms with Crippen molar-refractivity contribution < 1.29 is 109 Å². The van der Waals surface area contributed by atoms with Crippen molar-refractivity contribution in [3.05, 3.63) is 0 Å². The molecule has 0 aliphatic heterocycles. The predicted octanol–water partition coefficient (Wildman–Crippen LogP) is -9.87. The molecule has 10 heavy (non-hydrogen) atoms. The molecule has 0 spiro atoms. The van der Waals surface area contributed by atoms with Crippen molar-refractivity contribution in [2.45, 2.75) is 0 Å². The summed E-state index contributed by atoms with van der Waals surface area (Å²) >= 11 is 0. The average Bonchev–Trinajstić information content (AvgIpc) is 0.722. The largest absolute Gasteiger partial charge is 2.00 e. The van der Waals surface area contributed by atoms with Gasteiger partial charge in [0.15, 0.2) is 17.4 Å². The van der Waals surface area contributed by atoms with Crippen LogP contribution in [0, 0.1) is 0 Å². The molecule has 0 radical (unpaired) electrons. The Labute approximate surface area is 212 Å². The Balaban J connectivity index is -0.00000000145. The van der Waals surface area contributed by atoms with E-state index in [2.05, 4.69) is 0 Å². The van der Waals surface area contributed by atoms with Gasteiger partial charge >= 0.3 is 173 Å². The fourth-order valence-electron chi connectivity index (χ4n) is 0. The summed E-state index contributed by atoms with van der Waals surface area (Å²) in [6, 6.07) is 0. The Morgan fingerprint density at radius 2 is 1.00 bits per heavy atom. The third-order valence-electron chi connectivity index (χ3n) is 0. The molecular weight excluding hydrogens is 309 g/mol. The molecule has 0 heterocycles. The van der Waals surface area contributed by atoms with Crippen LogP contribution in [0.25, 0.3) is 0 Å². The van der Waals surface area contributed by atoms with Crippen molar-refractivity contribution in [3.8, 4) is 0 Å². The molecule has 10 heteroatoms. The maximum Gasteiger partial charge on any atom is 2.00 e. The fraction of sp³-hybridized carbons (Fsp3) is 0. The first-order valence-electron chi connectivity index (χ1n) is 0.894. The van der Waals surface area contributed by atoms with Crippen LogP contribution in [-0.4, -0.2) is 129 Å². The van der Waals surface area contributed by atoms with Crippen molar-refractivity contribution >= 4 is 110 Å². The molecule has 0 aromatic heterocycles. The van der Waals surface area contributed by atoms with Gasteiger partial charge in [0, 0.05) is 0 Å². The third kappa shape index (κ3) is 66.0. The van der Waals surface area contributed by atoms with Crippen molar-refractivity contribution in [2.24, 2.45) is 0 Å². The summed E-state index contributed by atoms with van der Waals surface area (Å²) in [5.74, 6) is 0. The molecule has 50 valence electrons. The monoisotopic (exact) mass is 322 g/mol. The molecule has 0 aliphatic carbocycles. The van der Waals surface area contributed by atoms with Gasteiger partial charge in [0.2, 0.25) is 0 Å². The molecule has 4 nitrogen and oxygen atoms in total. The first-order chi connectivity index (χ1) is 2.00. The first-order valence-corrected chi connectivity index (χ1v) is 2.68. The standard InChI is InChI=1S/Al.Ca.K.Na.H4O4Si.Sr.9H/c;;;;1-5(2,3)4;;;;;;;;;;/h;;;;1-4H;;;;;;;;;;/q;+2;2*+1;;+2;;;;6*-1. The van der Waals surface area contributed by atoms with E-state index in [-0.39, 0.29) is 190 Å². The van der Waals surface area contributed by atoms with E-state index < -0.39 is 9.05 Å². The van der Waals surface area contributed by atoms with Gasteiger partial charge in [-0.15, -0.1) is 0 Å². The molecule has 0 aromatic rings. The van der Waals surface area contributed by atoms with E-state index in [0.717, 1.165) is 0 Å². The Kier molecular flexibility index (Phi) is 73.4. The molecule has 0 aliphatic rings. The van der Waals surface area contributed by atoms with Gasteiger partial charge in [-0.1, -0.05) is 0 Å². The number of hydrogen-bond donors (Lipinski definition) is 4. The normalized spacial score (nSPS) is 6.00. The summed E-state index contributed by atoms with van der Waals surface area (Å²) in [6.07, 6.45) is 0. The van der Waals surface area contributed by atoms with Gasteiger partial charge in [0.05, 0.1) is 0 Å². The van der Waals surface area contributed by atoms with E-state index in [1.165, 1.54) is 0 Å². The minimum Gasteiger partial charge on any atom is -1.00 e. The summed E-state index contributed by atoms with van der Waals surface area (Å²) in [7, 11) is -4.61. The molecule has 0 amide bonds. The van der Waals surface area contributed by atoms with Gasteiger partial charge in [-0.05, 0) is 0 Å². The van der Waals surface area contributed by atoms with E-state index >= 15 is 0 Å². The van der Waals surface area contributed by atoms with Crippen LogP contribution in [0.2, 0.25) is 0 Å². The summed E-state index contributed by atoms with van der Waals surface area (Å²) in [5, 5.41) is 0. The van der Waals surface area contributed by atoms with Crippen molar-refractivity contribution in [3.63, 3.8) is 0 Å². The minimum atomic E-state index is -4.61. The first kappa shape index (κ1) is 36.0. The Bertz CT molecular complexity index is 56.0. The van der Waals surface area contributed by atoms with Crippen LogP contribution >= 0.6 is 0 Å². The molecule has 0 aromatic carbocycles.